The number of likely N-dealkylation sites (tertiary alicyclic amines) is 1. The minimum absolute atomic E-state index is 0.00681. The number of amides is 2. The number of carbonyl (C=O) groups excluding carboxylic acids is 4. The van der Waals surface area contributed by atoms with Crippen LogP contribution in [-0.2, 0) is 19.1 Å². The molecule has 1 aromatic carbocycles. The first kappa shape index (κ1) is 27.3. The lowest BCUT2D eigenvalue weighted by Gasteiger charge is -2.28. The van der Waals surface area contributed by atoms with Crippen LogP contribution in [0.15, 0.2) is 24.3 Å². The molecule has 1 aliphatic heterocycles. The first-order valence-corrected chi connectivity index (χ1v) is 12.0. The van der Waals surface area contributed by atoms with Crippen LogP contribution in [0.5, 0.6) is 0 Å². The van der Waals surface area contributed by atoms with Crippen LogP contribution in [0, 0.1) is 11.8 Å². The standard InChI is InChI=1S/C26H38N2O6/c1-16(2)13-27(18(5)6)23(29)15-33-25(31)20-9-8-10-21(12-20)26(32)34-22-11-19(7)28(24(22)30)14-17(3)4/h8-10,12,16-19,22H,11,13-15H2,1-7H3. The van der Waals surface area contributed by atoms with Crippen molar-refractivity contribution in [2.75, 3.05) is 19.7 Å². The Bertz CT molecular complexity index is 895. The van der Waals surface area contributed by atoms with E-state index in [-0.39, 0.29) is 47.5 Å². The minimum Gasteiger partial charge on any atom is -0.452 e. The lowest BCUT2D eigenvalue weighted by Crippen LogP contribution is -2.41. The average molecular weight is 475 g/mol. The number of carbonyl (C=O) groups is 4. The van der Waals surface area contributed by atoms with Gasteiger partial charge in [-0.3, -0.25) is 9.59 Å². The van der Waals surface area contributed by atoms with E-state index in [0.29, 0.717) is 25.4 Å². The Balaban J connectivity index is 2.00. The molecule has 1 heterocycles. The Kier molecular flexibility index (Phi) is 9.65. The van der Waals surface area contributed by atoms with Crippen molar-refractivity contribution >= 4 is 23.8 Å². The van der Waals surface area contributed by atoms with Gasteiger partial charge in [-0.2, -0.15) is 0 Å². The average Bonchev–Trinajstić information content (AvgIpc) is 3.02. The topological polar surface area (TPSA) is 93.2 Å². The van der Waals surface area contributed by atoms with Gasteiger partial charge in [-0.05, 0) is 50.8 Å². The molecule has 2 atom stereocenters. The van der Waals surface area contributed by atoms with Crippen molar-refractivity contribution in [1.29, 1.82) is 0 Å². The van der Waals surface area contributed by atoms with Crippen LogP contribution in [0.3, 0.4) is 0 Å². The summed E-state index contributed by atoms with van der Waals surface area (Å²) in [6.45, 7) is 14.7. The molecule has 0 aliphatic carbocycles. The van der Waals surface area contributed by atoms with Gasteiger partial charge in [0.25, 0.3) is 11.8 Å². The summed E-state index contributed by atoms with van der Waals surface area (Å²) in [7, 11) is 0. The highest BCUT2D eigenvalue weighted by molar-refractivity contribution is 5.97. The van der Waals surface area contributed by atoms with E-state index in [9.17, 15) is 19.2 Å². The minimum atomic E-state index is -0.836. The zero-order valence-electron chi connectivity index (χ0n) is 21.4. The summed E-state index contributed by atoms with van der Waals surface area (Å²) >= 11 is 0. The van der Waals surface area contributed by atoms with E-state index in [1.54, 1.807) is 15.9 Å². The smallest absolute Gasteiger partial charge is 0.338 e. The van der Waals surface area contributed by atoms with Crippen molar-refractivity contribution in [2.24, 2.45) is 11.8 Å². The van der Waals surface area contributed by atoms with Crippen LogP contribution in [0.1, 0.15) is 75.6 Å². The van der Waals surface area contributed by atoms with Gasteiger partial charge < -0.3 is 19.3 Å². The molecule has 2 amide bonds. The van der Waals surface area contributed by atoms with Gasteiger partial charge in [0.2, 0.25) is 0 Å². The molecule has 0 bridgehead atoms. The number of benzene rings is 1. The molecule has 0 saturated carbocycles. The molecule has 0 radical (unpaired) electrons. The van der Waals surface area contributed by atoms with E-state index in [2.05, 4.69) is 0 Å². The van der Waals surface area contributed by atoms with E-state index in [1.165, 1.54) is 18.2 Å². The van der Waals surface area contributed by atoms with Crippen LogP contribution in [0.4, 0.5) is 0 Å². The molecule has 0 aromatic heterocycles. The normalized spacial score (nSPS) is 18.1. The summed E-state index contributed by atoms with van der Waals surface area (Å²) in [4.78, 5) is 53.8. The van der Waals surface area contributed by atoms with E-state index in [1.807, 2.05) is 48.5 Å². The van der Waals surface area contributed by atoms with E-state index < -0.39 is 18.0 Å². The second-order valence-corrected chi connectivity index (χ2v) is 10.1. The maximum Gasteiger partial charge on any atom is 0.338 e. The molecule has 8 heteroatoms. The first-order valence-electron chi connectivity index (χ1n) is 12.0. The summed E-state index contributed by atoms with van der Waals surface area (Å²) in [6.07, 6.45) is -0.401. The summed E-state index contributed by atoms with van der Waals surface area (Å²) in [5, 5.41) is 0. The van der Waals surface area contributed by atoms with Gasteiger partial charge in [0.1, 0.15) is 0 Å². The number of nitrogens with zero attached hydrogens (tertiary/aromatic N) is 2. The van der Waals surface area contributed by atoms with Crippen molar-refractivity contribution in [3.05, 3.63) is 35.4 Å². The van der Waals surface area contributed by atoms with E-state index in [4.69, 9.17) is 9.47 Å². The Labute approximate surface area is 202 Å². The lowest BCUT2D eigenvalue weighted by molar-refractivity contribution is -0.137. The molecular weight excluding hydrogens is 436 g/mol. The molecule has 1 aliphatic rings. The van der Waals surface area contributed by atoms with Gasteiger partial charge in [0.05, 0.1) is 11.1 Å². The van der Waals surface area contributed by atoms with Crippen LogP contribution in [0.2, 0.25) is 0 Å². The second-order valence-electron chi connectivity index (χ2n) is 10.1. The molecule has 188 valence electrons. The van der Waals surface area contributed by atoms with E-state index in [0.717, 1.165) is 0 Å². The van der Waals surface area contributed by atoms with E-state index >= 15 is 0 Å². The van der Waals surface area contributed by atoms with Crippen LogP contribution in [-0.4, -0.2) is 71.4 Å². The fraction of sp³-hybridized carbons (Fsp3) is 0.615. The maximum absolute atomic E-state index is 12.7. The van der Waals surface area contributed by atoms with Crippen molar-refractivity contribution in [3.63, 3.8) is 0 Å². The van der Waals surface area contributed by atoms with Crippen LogP contribution >= 0.6 is 0 Å². The molecule has 1 saturated heterocycles. The fourth-order valence-corrected chi connectivity index (χ4v) is 3.96. The third kappa shape index (κ3) is 7.30. The van der Waals surface area contributed by atoms with Crippen molar-refractivity contribution in [1.82, 2.24) is 9.80 Å². The molecule has 8 nitrogen and oxygen atoms in total. The zero-order chi connectivity index (χ0) is 25.6. The quantitative estimate of drug-likeness (QED) is 0.482. The molecular formula is C26H38N2O6. The number of hydrogen-bond acceptors (Lipinski definition) is 6. The van der Waals surface area contributed by atoms with Crippen molar-refractivity contribution in [3.8, 4) is 0 Å². The lowest BCUT2D eigenvalue weighted by atomic mass is 10.1. The number of esters is 2. The summed E-state index contributed by atoms with van der Waals surface area (Å²) < 4.78 is 10.7. The zero-order valence-corrected chi connectivity index (χ0v) is 21.4. The molecule has 1 aromatic rings. The monoisotopic (exact) mass is 474 g/mol. The fourth-order valence-electron chi connectivity index (χ4n) is 3.96. The third-order valence-electron chi connectivity index (χ3n) is 5.62. The Morgan fingerprint density at radius 1 is 1.03 bits per heavy atom. The summed E-state index contributed by atoms with van der Waals surface area (Å²) in [5.41, 5.74) is 0.280. The van der Waals surface area contributed by atoms with Crippen LogP contribution in [0.25, 0.3) is 0 Å². The summed E-state index contributed by atoms with van der Waals surface area (Å²) in [5.74, 6) is -1.24. The number of rotatable bonds is 10. The highest BCUT2D eigenvalue weighted by atomic mass is 16.6. The second kappa shape index (κ2) is 12.0. The van der Waals surface area contributed by atoms with Gasteiger partial charge in [0.15, 0.2) is 12.7 Å². The Morgan fingerprint density at radius 2 is 1.65 bits per heavy atom. The number of hydrogen-bond donors (Lipinski definition) is 0. The predicted octanol–water partition coefficient (Wildman–Crippen LogP) is 3.54. The summed E-state index contributed by atoms with van der Waals surface area (Å²) in [6, 6.07) is 5.90. The highest BCUT2D eigenvalue weighted by Crippen LogP contribution is 2.24. The van der Waals surface area contributed by atoms with Gasteiger partial charge in [-0.25, -0.2) is 9.59 Å². The largest absolute Gasteiger partial charge is 0.452 e. The molecule has 0 spiro atoms. The predicted molar refractivity (Wildman–Crippen MR) is 128 cm³/mol. The first-order chi connectivity index (χ1) is 15.9. The highest BCUT2D eigenvalue weighted by Gasteiger charge is 2.39. The van der Waals surface area contributed by atoms with Gasteiger partial charge in [-0.1, -0.05) is 33.8 Å². The van der Waals surface area contributed by atoms with Gasteiger partial charge in [0, 0.05) is 31.6 Å². The molecule has 1 fully saturated rings. The van der Waals surface area contributed by atoms with Gasteiger partial charge >= 0.3 is 11.9 Å². The van der Waals surface area contributed by atoms with Crippen molar-refractivity contribution in [2.45, 2.75) is 73.1 Å². The van der Waals surface area contributed by atoms with Gasteiger partial charge in [-0.15, -0.1) is 0 Å². The maximum atomic E-state index is 12.7. The molecule has 2 rings (SSSR count). The molecule has 0 N–H and O–H groups in total. The molecule has 34 heavy (non-hydrogen) atoms. The van der Waals surface area contributed by atoms with Crippen LogP contribution < -0.4 is 0 Å². The third-order valence-corrected chi connectivity index (χ3v) is 5.62. The van der Waals surface area contributed by atoms with Crippen molar-refractivity contribution < 1.29 is 28.7 Å². The Morgan fingerprint density at radius 3 is 2.21 bits per heavy atom. The molecule has 2 unspecified atom stereocenters. The SMILES string of the molecule is CC(C)CN(C(=O)COC(=O)c1cccc(C(=O)OC2CC(C)N(CC(C)C)C2=O)c1)C(C)C. The Hall–Kier alpha value is -2.90. The number of ether oxygens (including phenoxy) is 2.